The summed E-state index contributed by atoms with van der Waals surface area (Å²) in [6.45, 7) is 11.4. The van der Waals surface area contributed by atoms with Crippen molar-refractivity contribution in [3.05, 3.63) is 46.8 Å². The number of aromatic nitrogens is 2. The number of rotatable bonds is 5. The second-order valence-corrected chi connectivity index (χ2v) is 11.2. The molecule has 2 saturated heterocycles. The molecule has 1 unspecified atom stereocenters. The van der Waals surface area contributed by atoms with Crippen LogP contribution in [0.3, 0.4) is 0 Å². The van der Waals surface area contributed by atoms with Crippen molar-refractivity contribution in [3.63, 3.8) is 0 Å². The fourth-order valence-corrected chi connectivity index (χ4v) is 5.65. The van der Waals surface area contributed by atoms with E-state index in [4.69, 9.17) is 25.2 Å². The third-order valence-electron chi connectivity index (χ3n) is 7.43. The Morgan fingerprint density at radius 1 is 1.08 bits per heavy atom. The molecule has 3 aliphatic heterocycles. The summed E-state index contributed by atoms with van der Waals surface area (Å²) in [5.41, 5.74) is 9.75. The van der Waals surface area contributed by atoms with Gasteiger partial charge in [-0.05, 0) is 57.5 Å². The molecule has 190 valence electrons. The van der Waals surface area contributed by atoms with Crippen LogP contribution in [0.2, 0.25) is 0 Å². The smallest absolute Gasteiger partial charge is 0.263 e. The van der Waals surface area contributed by atoms with Crippen LogP contribution < -0.4 is 20.7 Å². The minimum Gasteiger partial charge on any atom is -0.485 e. The van der Waals surface area contributed by atoms with Crippen LogP contribution in [0, 0.1) is 12.3 Å². The van der Waals surface area contributed by atoms with Crippen molar-refractivity contribution in [2.45, 2.75) is 52.2 Å². The number of fused-ring (bicyclic) bond motifs is 3. The summed E-state index contributed by atoms with van der Waals surface area (Å²) in [7, 11) is 0. The number of hydrogen-bond acceptors (Lipinski definition) is 7. The van der Waals surface area contributed by atoms with Crippen LogP contribution in [0.15, 0.2) is 24.3 Å². The van der Waals surface area contributed by atoms with Gasteiger partial charge in [-0.1, -0.05) is 0 Å². The number of aryl methyl sites for hydroxylation is 1. The monoisotopic (exact) mass is 495 g/mol. The van der Waals surface area contributed by atoms with Crippen molar-refractivity contribution in [3.8, 4) is 5.75 Å². The van der Waals surface area contributed by atoms with E-state index < -0.39 is 6.43 Å². The van der Waals surface area contributed by atoms with Crippen LogP contribution in [-0.2, 0) is 11.2 Å². The lowest BCUT2D eigenvalue weighted by Gasteiger charge is -2.56. The standard InChI is InChI=1S/C27H31F2N5O2/c1-14(16-5-17(24(28)29)7-18(30)6-16)31-25-19-8-21(34-10-27(11-34)12-35-13-27)23-20(9-26(3,4)36-23)22(19)32-15(2)33-25/h5-8,14,24H,9-13,30H2,1-4H3,(H,31,32,33). The molecule has 0 bridgehead atoms. The SMILES string of the molecule is Cc1nc(NC(C)c2cc(N)cc(C(F)F)c2)c2cc(N3CC4(COC4)C3)c3c(c2n1)CC(C)(C)O3. The molecule has 0 amide bonds. The van der Waals surface area contributed by atoms with E-state index in [0.29, 0.717) is 22.9 Å². The number of anilines is 3. The third-order valence-corrected chi connectivity index (χ3v) is 7.43. The highest BCUT2D eigenvalue weighted by atomic mass is 19.3. The maximum Gasteiger partial charge on any atom is 0.263 e. The molecule has 4 heterocycles. The summed E-state index contributed by atoms with van der Waals surface area (Å²) >= 11 is 0. The molecule has 1 atom stereocenters. The van der Waals surface area contributed by atoms with Gasteiger partial charge in [-0.2, -0.15) is 0 Å². The van der Waals surface area contributed by atoms with E-state index in [1.165, 1.54) is 12.1 Å². The van der Waals surface area contributed by atoms with Gasteiger partial charge in [-0.15, -0.1) is 0 Å². The van der Waals surface area contributed by atoms with Gasteiger partial charge >= 0.3 is 0 Å². The molecule has 1 aromatic heterocycles. The molecular formula is C27H31F2N5O2. The normalized spacial score (nSPS) is 20.1. The quantitative estimate of drug-likeness (QED) is 0.472. The minimum atomic E-state index is -2.59. The van der Waals surface area contributed by atoms with Gasteiger partial charge in [0.05, 0.1) is 35.9 Å². The average Bonchev–Trinajstić information content (AvgIpc) is 3.07. The number of halogens is 2. The second-order valence-electron chi connectivity index (χ2n) is 11.2. The predicted octanol–water partition coefficient (Wildman–Crippen LogP) is 5.18. The lowest BCUT2D eigenvalue weighted by molar-refractivity contribution is -0.127. The highest BCUT2D eigenvalue weighted by molar-refractivity contribution is 5.97. The second kappa shape index (κ2) is 7.90. The largest absolute Gasteiger partial charge is 0.485 e. The summed E-state index contributed by atoms with van der Waals surface area (Å²) < 4.78 is 38.7. The van der Waals surface area contributed by atoms with Crippen LogP contribution in [0.1, 0.15) is 55.8 Å². The highest BCUT2D eigenvalue weighted by Crippen LogP contribution is 2.51. The number of nitrogens with zero attached hydrogens (tertiary/aromatic N) is 3. The topological polar surface area (TPSA) is 85.5 Å². The molecule has 36 heavy (non-hydrogen) atoms. The predicted molar refractivity (Wildman–Crippen MR) is 136 cm³/mol. The Hall–Kier alpha value is -3.20. The van der Waals surface area contributed by atoms with E-state index in [1.807, 2.05) is 13.8 Å². The Morgan fingerprint density at radius 3 is 2.47 bits per heavy atom. The zero-order valence-corrected chi connectivity index (χ0v) is 21.0. The van der Waals surface area contributed by atoms with Crippen molar-refractivity contribution in [1.29, 1.82) is 0 Å². The number of nitrogens with one attached hydrogen (secondary N) is 1. The van der Waals surface area contributed by atoms with E-state index in [2.05, 4.69) is 30.1 Å². The Balaban J connectivity index is 1.43. The highest BCUT2D eigenvalue weighted by Gasteiger charge is 2.50. The van der Waals surface area contributed by atoms with E-state index in [1.54, 1.807) is 6.07 Å². The molecule has 7 nitrogen and oxygen atoms in total. The zero-order valence-electron chi connectivity index (χ0n) is 21.0. The average molecular weight is 496 g/mol. The van der Waals surface area contributed by atoms with Gasteiger partial charge in [0.1, 0.15) is 23.0 Å². The molecule has 2 aromatic carbocycles. The number of nitrogens with two attached hydrogens (primary N) is 1. The van der Waals surface area contributed by atoms with Crippen molar-refractivity contribution in [2.75, 3.05) is 42.3 Å². The van der Waals surface area contributed by atoms with Gasteiger partial charge in [0, 0.05) is 41.7 Å². The summed E-state index contributed by atoms with van der Waals surface area (Å²) in [5.74, 6) is 2.20. The van der Waals surface area contributed by atoms with Gasteiger partial charge in [0.15, 0.2) is 0 Å². The van der Waals surface area contributed by atoms with Crippen LogP contribution in [-0.4, -0.2) is 41.9 Å². The van der Waals surface area contributed by atoms with Crippen molar-refractivity contribution >= 4 is 28.1 Å². The molecule has 0 aliphatic carbocycles. The van der Waals surface area contributed by atoms with Crippen LogP contribution >= 0.6 is 0 Å². The van der Waals surface area contributed by atoms with Gasteiger partial charge in [-0.3, -0.25) is 0 Å². The molecule has 3 aliphatic rings. The molecule has 3 N–H and O–H groups in total. The van der Waals surface area contributed by atoms with Gasteiger partial charge in [0.2, 0.25) is 0 Å². The molecule has 2 fully saturated rings. The molecule has 0 saturated carbocycles. The Kier molecular flexibility index (Phi) is 5.09. The van der Waals surface area contributed by atoms with E-state index in [9.17, 15) is 8.78 Å². The lowest BCUT2D eigenvalue weighted by atomic mass is 9.77. The first-order valence-corrected chi connectivity index (χ1v) is 12.3. The van der Waals surface area contributed by atoms with E-state index in [-0.39, 0.29) is 22.6 Å². The van der Waals surface area contributed by atoms with Gasteiger partial charge < -0.3 is 25.4 Å². The summed E-state index contributed by atoms with van der Waals surface area (Å²) in [5, 5.41) is 4.35. The first-order valence-electron chi connectivity index (χ1n) is 12.3. The van der Waals surface area contributed by atoms with E-state index in [0.717, 1.165) is 60.6 Å². The Bertz CT molecular complexity index is 1360. The first kappa shape index (κ1) is 23.2. The maximum atomic E-state index is 13.4. The van der Waals surface area contributed by atoms with Gasteiger partial charge in [-0.25, -0.2) is 18.7 Å². The molecule has 1 spiro atoms. The Labute approximate surface area is 209 Å². The zero-order chi connectivity index (χ0) is 25.4. The molecule has 9 heteroatoms. The number of benzene rings is 2. The summed E-state index contributed by atoms with van der Waals surface area (Å²) in [6, 6.07) is 6.34. The maximum absolute atomic E-state index is 13.4. The van der Waals surface area contributed by atoms with Crippen LogP contribution in [0.25, 0.3) is 10.9 Å². The number of hydrogen-bond donors (Lipinski definition) is 2. The van der Waals surface area contributed by atoms with Gasteiger partial charge in [0.25, 0.3) is 6.43 Å². The summed E-state index contributed by atoms with van der Waals surface area (Å²) in [6.07, 6.45) is -1.84. The molecular weight excluding hydrogens is 464 g/mol. The number of nitrogen functional groups attached to an aromatic ring is 1. The summed E-state index contributed by atoms with van der Waals surface area (Å²) in [4.78, 5) is 11.9. The van der Waals surface area contributed by atoms with Crippen molar-refractivity contribution < 1.29 is 18.3 Å². The lowest BCUT2D eigenvalue weighted by Crippen LogP contribution is -2.66. The van der Waals surface area contributed by atoms with Crippen LogP contribution in [0.4, 0.5) is 26.0 Å². The first-order chi connectivity index (χ1) is 17.0. The number of ether oxygens (including phenoxy) is 2. The fraction of sp³-hybridized carbons (Fsp3) is 0.481. The van der Waals surface area contributed by atoms with Crippen molar-refractivity contribution in [1.82, 2.24) is 9.97 Å². The molecule has 3 aromatic rings. The Morgan fingerprint density at radius 2 is 1.81 bits per heavy atom. The van der Waals surface area contributed by atoms with Crippen molar-refractivity contribution in [2.24, 2.45) is 5.41 Å². The van der Waals surface area contributed by atoms with E-state index >= 15 is 0 Å². The fourth-order valence-electron chi connectivity index (χ4n) is 5.65. The number of alkyl halides is 2. The minimum absolute atomic E-state index is 0.0893. The molecule has 0 radical (unpaired) electrons. The molecule has 6 rings (SSSR count). The third kappa shape index (κ3) is 3.80. The van der Waals surface area contributed by atoms with Crippen LogP contribution in [0.5, 0.6) is 5.75 Å².